The van der Waals surface area contributed by atoms with Crippen LogP contribution in [0.3, 0.4) is 0 Å². The van der Waals surface area contributed by atoms with E-state index in [4.69, 9.17) is 9.47 Å². The summed E-state index contributed by atoms with van der Waals surface area (Å²) in [6, 6.07) is 21.1. The summed E-state index contributed by atoms with van der Waals surface area (Å²) in [6.07, 6.45) is 0. The molecule has 0 unspecified atom stereocenters. The van der Waals surface area contributed by atoms with Gasteiger partial charge >= 0.3 is 0 Å². The number of amides is 1. The van der Waals surface area contributed by atoms with E-state index in [1.54, 1.807) is 18.2 Å². The van der Waals surface area contributed by atoms with Crippen LogP contribution in [0.4, 0.5) is 0 Å². The van der Waals surface area contributed by atoms with Gasteiger partial charge in [-0.05, 0) is 41.5 Å². The normalized spacial score (nSPS) is 19.1. The van der Waals surface area contributed by atoms with Crippen molar-refractivity contribution >= 4 is 33.4 Å². The van der Waals surface area contributed by atoms with Crippen molar-refractivity contribution in [2.24, 2.45) is 0 Å². The molecule has 0 saturated carbocycles. The third-order valence-electron chi connectivity index (χ3n) is 5.74. The fourth-order valence-corrected chi connectivity index (χ4v) is 4.43. The molecule has 1 saturated heterocycles. The zero-order chi connectivity index (χ0) is 22.9. The van der Waals surface area contributed by atoms with Crippen molar-refractivity contribution in [1.29, 1.82) is 0 Å². The largest absolute Gasteiger partial charge is 0.507 e. The lowest BCUT2D eigenvalue weighted by Gasteiger charge is -2.25. The molecule has 1 atom stereocenters. The number of likely N-dealkylation sites (tertiary alicyclic amines) is 1. The fraction of sp³-hybridized carbons (Fsp3) is 0.154. The van der Waals surface area contributed by atoms with Crippen LogP contribution in [0.25, 0.3) is 5.76 Å². The van der Waals surface area contributed by atoms with Gasteiger partial charge in [0, 0.05) is 16.6 Å². The molecule has 1 fully saturated rings. The first-order chi connectivity index (χ1) is 16.0. The first-order valence-electron chi connectivity index (χ1n) is 10.5. The predicted molar refractivity (Wildman–Crippen MR) is 126 cm³/mol. The van der Waals surface area contributed by atoms with Crippen molar-refractivity contribution in [2.45, 2.75) is 12.6 Å². The topological polar surface area (TPSA) is 76.1 Å². The molecule has 5 rings (SSSR count). The first-order valence-corrected chi connectivity index (χ1v) is 11.3. The molecule has 2 aliphatic heterocycles. The van der Waals surface area contributed by atoms with E-state index in [0.29, 0.717) is 30.3 Å². The number of Topliss-reactive ketones (excluding diaryl/α,β-unsaturated/α-hetero) is 1. The van der Waals surface area contributed by atoms with E-state index in [1.807, 2.05) is 54.6 Å². The number of hydrogen-bond donors (Lipinski definition) is 1. The van der Waals surface area contributed by atoms with Crippen molar-refractivity contribution in [3.8, 4) is 11.5 Å². The van der Waals surface area contributed by atoms with Gasteiger partial charge in [0.05, 0.1) is 11.6 Å². The molecule has 1 amide bonds. The van der Waals surface area contributed by atoms with Gasteiger partial charge in [-0.15, -0.1) is 0 Å². The maximum absolute atomic E-state index is 13.2. The Morgan fingerprint density at radius 2 is 1.64 bits per heavy atom. The molecule has 0 radical (unpaired) electrons. The van der Waals surface area contributed by atoms with Gasteiger partial charge in [-0.1, -0.05) is 58.4 Å². The minimum Gasteiger partial charge on any atom is -0.507 e. The van der Waals surface area contributed by atoms with Crippen LogP contribution >= 0.6 is 15.9 Å². The summed E-state index contributed by atoms with van der Waals surface area (Å²) >= 11 is 3.43. The maximum Gasteiger partial charge on any atom is 0.295 e. The van der Waals surface area contributed by atoms with Gasteiger partial charge in [0.25, 0.3) is 11.7 Å². The Kier molecular flexibility index (Phi) is 5.64. The van der Waals surface area contributed by atoms with Crippen molar-refractivity contribution in [1.82, 2.24) is 4.90 Å². The van der Waals surface area contributed by atoms with Gasteiger partial charge in [-0.2, -0.15) is 0 Å². The number of fused-ring (bicyclic) bond motifs is 1. The van der Waals surface area contributed by atoms with E-state index < -0.39 is 17.7 Å². The molecule has 3 aromatic rings. The maximum atomic E-state index is 13.2. The summed E-state index contributed by atoms with van der Waals surface area (Å²) in [6.45, 7) is 1.09. The van der Waals surface area contributed by atoms with E-state index >= 15 is 0 Å². The third-order valence-corrected chi connectivity index (χ3v) is 6.27. The summed E-state index contributed by atoms with van der Waals surface area (Å²) in [5.74, 6) is -0.540. The van der Waals surface area contributed by atoms with E-state index in [2.05, 4.69) is 15.9 Å². The summed E-state index contributed by atoms with van der Waals surface area (Å²) < 4.78 is 12.0. The average Bonchev–Trinajstić information content (AvgIpc) is 3.09. The van der Waals surface area contributed by atoms with Crippen molar-refractivity contribution < 1.29 is 24.2 Å². The Balaban J connectivity index is 1.63. The number of ketones is 1. The number of halogens is 1. The lowest BCUT2D eigenvalue weighted by molar-refractivity contribution is -0.140. The number of hydrogen-bond acceptors (Lipinski definition) is 5. The number of benzene rings is 3. The highest BCUT2D eigenvalue weighted by Crippen LogP contribution is 2.42. The van der Waals surface area contributed by atoms with Crippen LogP contribution in [-0.4, -0.2) is 34.9 Å². The molecule has 0 aliphatic carbocycles. The number of nitrogens with zero attached hydrogens (tertiary/aromatic N) is 1. The smallest absolute Gasteiger partial charge is 0.295 e. The molecule has 2 aliphatic rings. The monoisotopic (exact) mass is 505 g/mol. The van der Waals surface area contributed by atoms with Gasteiger partial charge in [0.2, 0.25) is 0 Å². The number of rotatable bonds is 4. The number of aliphatic hydroxyl groups excluding tert-OH is 1. The minimum atomic E-state index is -0.730. The van der Waals surface area contributed by atoms with E-state index in [1.165, 1.54) is 4.90 Å². The van der Waals surface area contributed by atoms with Gasteiger partial charge in [0.15, 0.2) is 11.5 Å². The summed E-state index contributed by atoms with van der Waals surface area (Å²) in [5, 5.41) is 11.3. The van der Waals surface area contributed by atoms with Crippen LogP contribution in [0.2, 0.25) is 0 Å². The van der Waals surface area contributed by atoms with Crippen LogP contribution in [0, 0.1) is 0 Å². The molecular formula is C26H20BrNO5. The molecule has 0 aromatic heterocycles. The fourth-order valence-electron chi connectivity index (χ4n) is 4.16. The number of ether oxygens (including phenoxy) is 2. The first kappa shape index (κ1) is 21.3. The summed E-state index contributed by atoms with van der Waals surface area (Å²) in [5.41, 5.74) is 2.06. The molecule has 166 valence electrons. The van der Waals surface area contributed by atoms with Crippen molar-refractivity contribution in [3.63, 3.8) is 0 Å². The number of aliphatic hydroxyl groups is 1. The second-order valence-electron chi connectivity index (χ2n) is 7.82. The SMILES string of the molecule is O=C1C(=O)N(Cc2ccccc2)[C@@H](c2ccc(Br)cc2)/C1=C(\O)c1ccc2c(c1)OCCO2. The number of carbonyl (C=O) groups is 2. The van der Waals surface area contributed by atoms with E-state index in [-0.39, 0.29) is 17.9 Å². The quantitative estimate of drug-likeness (QED) is 0.311. The molecule has 3 aromatic carbocycles. The van der Waals surface area contributed by atoms with Gasteiger partial charge in [-0.3, -0.25) is 9.59 Å². The zero-order valence-electron chi connectivity index (χ0n) is 17.5. The highest BCUT2D eigenvalue weighted by molar-refractivity contribution is 9.10. The Morgan fingerprint density at radius 3 is 2.36 bits per heavy atom. The molecule has 33 heavy (non-hydrogen) atoms. The second kappa shape index (κ2) is 8.75. The standard InChI is InChI=1S/C26H20BrNO5/c27-19-9-6-17(7-10-19)23-22(24(29)18-8-11-20-21(14-18)33-13-12-32-20)25(30)26(31)28(23)15-16-4-2-1-3-5-16/h1-11,14,23,29H,12-13,15H2/b24-22+/t23-/m0/s1. The Hall–Kier alpha value is -3.58. The van der Waals surface area contributed by atoms with Gasteiger partial charge < -0.3 is 19.5 Å². The summed E-state index contributed by atoms with van der Waals surface area (Å²) in [7, 11) is 0. The number of carbonyl (C=O) groups excluding carboxylic acids is 2. The minimum absolute atomic E-state index is 0.0509. The molecule has 2 heterocycles. The molecule has 0 bridgehead atoms. The Bertz CT molecular complexity index is 1250. The zero-order valence-corrected chi connectivity index (χ0v) is 19.1. The molecular weight excluding hydrogens is 486 g/mol. The van der Waals surface area contributed by atoms with Gasteiger partial charge in [-0.25, -0.2) is 0 Å². The van der Waals surface area contributed by atoms with Crippen LogP contribution in [0.15, 0.2) is 82.8 Å². The molecule has 6 nitrogen and oxygen atoms in total. The average molecular weight is 506 g/mol. The van der Waals surface area contributed by atoms with E-state index in [0.717, 1.165) is 15.6 Å². The van der Waals surface area contributed by atoms with Crippen LogP contribution in [-0.2, 0) is 16.1 Å². The van der Waals surface area contributed by atoms with Crippen LogP contribution < -0.4 is 9.47 Å². The summed E-state index contributed by atoms with van der Waals surface area (Å²) in [4.78, 5) is 27.8. The van der Waals surface area contributed by atoms with Crippen LogP contribution in [0.1, 0.15) is 22.7 Å². The molecule has 0 spiro atoms. The molecule has 1 N–H and O–H groups in total. The van der Waals surface area contributed by atoms with Crippen molar-refractivity contribution in [3.05, 3.63) is 99.5 Å². The highest BCUT2D eigenvalue weighted by atomic mass is 79.9. The lowest BCUT2D eigenvalue weighted by Crippen LogP contribution is -2.29. The lowest BCUT2D eigenvalue weighted by atomic mass is 9.95. The predicted octanol–water partition coefficient (Wildman–Crippen LogP) is 4.84. The second-order valence-corrected chi connectivity index (χ2v) is 8.74. The van der Waals surface area contributed by atoms with Crippen LogP contribution in [0.5, 0.6) is 11.5 Å². The third kappa shape index (κ3) is 4.00. The molecule has 7 heteroatoms. The van der Waals surface area contributed by atoms with Crippen molar-refractivity contribution in [2.75, 3.05) is 13.2 Å². The Morgan fingerprint density at radius 1 is 0.939 bits per heavy atom. The Labute approximate surface area is 199 Å². The van der Waals surface area contributed by atoms with E-state index in [9.17, 15) is 14.7 Å². The highest BCUT2D eigenvalue weighted by Gasteiger charge is 2.46. The van der Waals surface area contributed by atoms with Gasteiger partial charge in [0.1, 0.15) is 19.0 Å².